The third-order valence-corrected chi connectivity index (χ3v) is 0.632. The molecule has 0 aromatic rings. The van der Waals surface area contributed by atoms with E-state index in [2.05, 4.69) is 18.3 Å². The van der Waals surface area contributed by atoms with Crippen LogP contribution in [-0.2, 0) is 0 Å². The molecule has 0 aliphatic rings. The van der Waals surface area contributed by atoms with E-state index < -0.39 is 0 Å². The van der Waals surface area contributed by atoms with E-state index in [1.165, 1.54) is 0 Å². The van der Waals surface area contributed by atoms with Crippen LogP contribution in [0.15, 0.2) is 17.3 Å². The molecule has 0 aromatic heterocycles. The topological polar surface area (TPSA) is 12.4 Å². The van der Waals surface area contributed by atoms with Gasteiger partial charge in [-0.25, -0.2) is 0 Å². The van der Waals surface area contributed by atoms with Gasteiger partial charge in [-0.05, 0) is 13.1 Å². The van der Waals surface area contributed by atoms with Crippen LogP contribution >= 0.6 is 0 Å². The van der Waals surface area contributed by atoms with Gasteiger partial charge in [-0.15, -0.1) is 0 Å². The Labute approximate surface area is 38.4 Å². The molecule has 0 saturated heterocycles. The van der Waals surface area contributed by atoms with Gasteiger partial charge in [0, 0.05) is 5.70 Å². The molecule has 0 saturated carbocycles. The van der Waals surface area contributed by atoms with Crippen molar-refractivity contribution in [1.82, 2.24) is 0 Å². The molecule has 0 amide bonds. The monoisotopic (exact) mass is 83.1 g/mol. The highest BCUT2D eigenvalue weighted by Crippen LogP contribution is 1.92. The maximum absolute atomic E-state index is 3.56. The minimum atomic E-state index is 0.856. The molecule has 0 aliphatic heterocycles. The lowest BCUT2D eigenvalue weighted by atomic mass is 10.4. The van der Waals surface area contributed by atoms with Crippen molar-refractivity contribution in [3.63, 3.8) is 0 Å². The molecule has 0 heterocycles. The molecule has 0 unspecified atom stereocenters. The number of hydrogen-bond acceptors (Lipinski definition) is 1. The molecule has 0 rings (SSSR count). The van der Waals surface area contributed by atoms with Crippen LogP contribution < -0.4 is 0 Å². The number of allylic oxidation sites excluding steroid dienone is 1. The molecular formula is C5H9N. The lowest BCUT2D eigenvalue weighted by Gasteiger charge is -1.83. The minimum absolute atomic E-state index is 0.856. The Bertz CT molecular complexity index is 64.3. The van der Waals surface area contributed by atoms with Crippen LogP contribution in [-0.4, -0.2) is 6.72 Å². The third kappa shape index (κ3) is 1.70. The van der Waals surface area contributed by atoms with Gasteiger partial charge in [0.1, 0.15) is 0 Å². The van der Waals surface area contributed by atoms with E-state index in [0.29, 0.717) is 0 Å². The first-order valence-electron chi connectivity index (χ1n) is 1.95. The zero-order valence-electron chi connectivity index (χ0n) is 4.07. The highest BCUT2D eigenvalue weighted by molar-refractivity contribution is 5.27. The van der Waals surface area contributed by atoms with Gasteiger partial charge in [-0.2, -0.15) is 0 Å². The van der Waals surface area contributed by atoms with E-state index in [-0.39, 0.29) is 0 Å². The average molecular weight is 83.1 g/mol. The molecule has 1 nitrogen and oxygen atoms in total. The molecular weight excluding hydrogens is 74.1 g/mol. The first kappa shape index (κ1) is 5.41. The zero-order chi connectivity index (χ0) is 4.99. The van der Waals surface area contributed by atoms with Gasteiger partial charge in [0.15, 0.2) is 0 Å². The van der Waals surface area contributed by atoms with Crippen molar-refractivity contribution in [2.45, 2.75) is 13.3 Å². The van der Waals surface area contributed by atoms with Crippen LogP contribution in [0.1, 0.15) is 13.3 Å². The second-order valence-electron chi connectivity index (χ2n) is 1.08. The van der Waals surface area contributed by atoms with E-state index >= 15 is 0 Å². The normalized spacial score (nSPS) is 7.50. The van der Waals surface area contributed by atoms with Gasteiger partial charge >= 0.3 is 0 Å². The molecule has 0 N–H and O–H groups in total. The molecule has 34 valence electrons. The average Bonchev–Trinajstić information content (AvgIpc) is 1.65. The van der Waals surface area contributed by atoms with E-state index in [0.717, 1.165) is 12.1 Å². The zero-order valence-corrected chi connectivity index (χ0v) is 4.07. The molecule has 0 bridgehead atoms. The van der Waals surface area contributed by atoms with E-state index in [1.807, 2.05) is 6.92 Å². The van der Waals surface area contributed by atoms with Crippen molar-refractivity contribution in [1.29, 1.82) is 0 Å². The van der Waals surface area contributed by atoms with E-state index in [1.54, 1.807) is 0 Å². The number of hydrogen-bond donors (Lipinski definition) is 0. The fourth-order valence-corrected chi connectivity index (χ4v) is 0.112. The molecule has 0 aliphatic carbocycles. The lowest BCUT2D eigenvalue weighted by Crippen LogP contribution is -1.63. The Morgan fingerprint density at radius 2 is 2.33 bits per heavy atom. The predicted molar refractivity (Wildman–Crippen MR) is 29.0 cm³/mol. The van der Waals surface area contributed by atoms with Gasteiger partial charge < -0.3 is 0 Å². The van der Waals surface area contributed by atoms with Gasteiger partial charge in [-0.3, -0.25) is 4.99 Å². The maximum Gasteiger partial charge on any atom is 0.0321 e. The standard InChI is InChI=1S/C5H9N/c1-4-5(2)6-3/h2-4H2,1H3. The van der Waals surface area contributed by atoms with Gasteiger partial charge in [0.25, 0.3) is 0 Å². The quantitative estimate of drug-likeness (QED) is 0.450. The minimum Gasteiger partial charge on any atom is -0.270 e. The second-order valence-corrected chi connectivity index (χ2v) is 1.08. The summed E-state index contributed by atoms with van der Waals surface area (Å²) in [5, 5.41) is 0. The van der Waals surface area contributed by atoms with Crippen molar-refractivity contribution in [2.75, 3.05) is 0 Å². The molecule has 0 spiro atoms. The summed E-state index contributed by atoms with van der Waals surface area (Å²) in [4.78, 5) is 3.56. The second kappa shape index (κ2) is 2.64. The summed E-state index contributed by atoms with van der Waals surface area (Å²) in [6.45, 7) is 8.84. The largest absolute Gasteiger partial charge is 0.270 e. The Morgan fingerprint density at radius 1 is 1.83 bits per heavy atom. The van der Waals surface area contributed by atoms with E-state index in [4.69, 9.17) is 0 Å². The van der Waals surface area contributed by atoms with Crippen molar-refractivity contribution < 1.29 is 0 Å². The van der Waals surface area contributed by atoms with Gasteiger partial charge in [-0.1, -0.05) is 13.5 Å². The van der Waals surface area contributed by atoms with E-state index in [9.17, 15) is 0 Å². The summed E-state index contributed by atoms with van der Waals surface area (Å²) in [5.41, 5.74) is 0.856. The number of aliphatic imine (C=N–C) groups is 1. The fourth-order valence-electron chi connectivity index (χ4n) is 0.112. The number of rotatable bonds is 2. The van der Waals surface area contributed by atoms with Crippen LogP contribution in [0.4, 0.5) is 0 Å². The smallest absolute Gasteiger partial charge is 0.0321 e. The van der Waals surface area contributed by atoms with Crippen molar-refractivity contribution in [2.24, 2.45) is 4.99 Å². The summed E-state index contributed by atoms with van der Waals surface area (Å²) in [6, 6.07) is 0. The van der Waals surface area contributed by atoms with Gasteiger partial charge in [0.05, 0.1) is 0 Å². The Kier molecular flexibility index (Phi) is 2.38. The van der Waals surface area contributed by atoms with Crippen molar-refractivity contribution >= 4 is 6.72 Å². The summed E-state index contributed by atoms with van der Waals surface area (Å²) in [5.74, 6) is 0. The molecule has 0 aromatic carbocycles. The van der Waals surface area contributed by atoms with Crippen LogP contribution in [0.5, 0.6) is 0 Å². The molecule has 0 atom stereocenters. The third-order valence-electron chi connectivity index (χ3n) is 0.632. The maximum atomic E-state index is 3.56. The predicted octanol–water partition coefficient (Wildman–Crippen LogP) is 1.61. The highest BCUT2D eigenvalue weighted by Gasteiger charge is 1.73. The summed E-state index contributed by atoms with van der Waals surface area (Å²) >= 11 is 0. The van der Waals surface area contributed by atoms with Crippen LogP contribution in [0.25, 0.3) is 0 Å². The first-order valence-corrected chi connectivity index (χ1v) is 1.95. The Balaban J connectivity index is 3.23. The molecule has 1 heteroatoms. The molecule has 6 heavy (non-hydrogen) atoms. The first-order chi connectivity index (χ1) is 2.81. The van der Waals surface area contributed by atoms with Gasteiger partial charge in [0.2, 0.25) is 0 Å². The molecule has 0 fully saturated rings. The fraction of sp³-hybridized carbons (Fsp3) is 0.400. The highest BCUT2D eigenvalue weighted by atomic mass is 14.7. The van der Waals surface area contributed by atoms with Crippen molar-refractivity contribution in [3.8, 4) is 0 Å². The van der Waals surface area contributed by atoms with Crippen molar-refractivity contribution in [3.05, 3.63) is 12.3 Å². The van der Waals surface area contributed by atoms with Crippen LogP contribution in [0.2, 0.25) is 0 Å². The Morgan fingerprint density at radius 3 is 2.33 bits per heavy atom. The SMILES string of the molecule is C=NC(=C)CC. The molecule has 0 radical (unpaired) electrons. The number of nitrogens with zero attached hydrogens (tertiary/aromatic N) is 1. The summed E-state index contributed by atoms with van der Waals surface area (Å²) in [6.07, 6.45) is 0.906. The van der Waals surface area contributed by atoms with Crippen LogP contribution in [0, 0.1) is 0 Å². The van der Waals surface area contributed by atoms with Crippen LogP contribution in [0.3, 0.4) is 0 Å². The summed E-state index contributed by atoms with van der Waals surface area (Å²) < 4.78 is 0. The lowest BCUT2D eigenvalue weighted by molar-refractivity contribution is 1.08. The summed E-state index contributed by atoms with van der Waals surface area (Å²) in [7, 11) is 0. The Hall–Kier alpha value is -0.590.